The molecule has 0 radical (unpaired) electrons. The highest BCUT2D eigenvalue weighted by atomic mass is 16.4. The smallest absolute Gasteiger partial charge is 0.354 e. The molecule has 96 valence electrons. The van der Waals surface area contributed by atoms with Crippen LogP contribution in [0, 0.1) is 0 Å². The monoisotopic (exact) mass is 239 g/mol. The molecule has 0 aromatic heterocycles. The van der Waals surface area contributed by atoms with Crippen LogP contribution in [0.5, 0.6) is 0 Å². The van der Waals surface area contributed by atoms with Crippen molar-refractivity contribution in [3.63, 3.8) is 0 Å². The quantitative estimate of drug-likeness (QED) is 0.261. The lowest BCUT2D eigenvalue weighted by Gasteiger charge is -2.37. The van der Waals surface area contributed by atoms with Crippen molar-refractivity contribution in [1.82, 2.24) is 4.90 Å². The zero-order valence-corrected chi connectivity index (χ0v) is 8.98. The fourth-order valence-corrected chi connectivity index (χ4v) is 1.14. The van der Waals surface area contributed by atoms with Gasteiger partial charge in [0.25, 0.3) is 0 Å². The molecule has 8 nitrogen and oxygen atoms in total. The maximum Gasteiger partial charge on any atom is 0.354 e. The summed E-state index contributed by atoms with van der Waals surface area (Å²) in [6.45, 7) is -0.874. The maximum absolute atomic E-state index is 10.8. The van der Waals surface area contributed by atoms with Crippen molar-refractivity contribution in [2.45, 2.75) is 24.0 Å². The zero-order chi connectivity index (χ0) is 13.1. The Morgan fingerprint density at radius 2 is 1.75 bits per heavy atom. The second-order valence-corrected chi connectivity index (χ2v) is 3.61. The Balaban J connectivity index is 5.03. The molecule has 0 heterocycles. The second-order valence-electron chi connectivity index (χ2n) is 3.61. The number of aliphatic hydroxyl groups excluding tert-OH is 4. The Hall–Kier alpha value is -0.770. The summed E-state index contributed by atoms with van der Waals surface area (Å²) in [6, 6.07) is 0. The van der Waals surface area contributed by atoms with Crippen molar-refractivity contribution < 1.29 is 35.4 Å². The van der Waals surface area contributed by atoms with Crippen LogP contribution in [-0.2, 0) is 4.79 Å². The number of likely N-dealkylation sites (N-methyl/N-ethyl adjacent to an activating group) is 1. The molecule has 16 heavy (non-hydrogen) atoms. The van der Waals surface area contributed by atoms with E-state index in [4.69, 9.17) is 15.3 Å². The lowest BCUT2D eigenvalue weighted by atomic mass is 9.97. The van der Waals surface area contributed by atoms with E-state index in [1.54, 1.807) is 0 Å². The Kier molecular flexibility index (Phi) is 5.26. The molecule has 6 N–H and O–H groups in total. The molecule has 0 spiro atoms. The van der Waals surface area contributed by atoms with E-state index < -0.39 is 36.6 Å². The normalized spacial score (nSPS) is 21.2. The van der Waals surface area contributed by atoms with E-state index in [0.29, 0.717) is 0 Å². The molecule has 0 aromatic rings. The summed E-state index contributed by atoms with van der Waals surface area (Å²) < 4.78 is 0. The lowest BCUT2D eigenvalue weighted by molar-refractivity contribution is -0.224. The molecule has 0 aliphatic rings. The number of hydrogen-bond acceptors (Lipinski definition) is 7. The number of hydrogen-bond donors (Lipinski definition) is 6. The summed E-state index contributed by atoms with van der Waals surface area (Å²) >= 11 is 0. The van der Waals surface area contributed by atoms with Gasteiger partial charge in [-0.15, -0.1) is 0 Å². The second kappa shape index (κ2) is 5.53. The van der Waals surface area contributed by atoms with Gasteiger partial charge in [-0.25, -0.2) is 4.79 Å². The number of aliphatic carboxylic acids is 1. The number of rotatable bonds is 6. The van der Waals surface area contributed by atoms with E-state index in [2.05, 4.69) is 0 Å². The molecule has 0 saturated heterocycles. The highest BCUT2D eigenvalue weighted by molar-refractivity contribution is 5.77. The van der Waals surface area contributed by atoms with Crippen LogP contribution < -0.4 is 0 Å². The standard InChI is InChI=1S/C8H17NO7/c1-9(2)8(16,7(14)15)6(13)5(12)4(11)3-10/h4-6,10-13,16H,3H2,1-2H3,(H,14,15). The first-order valence-electron chi connectivity index (χ1n) is 4.47. The van der Waals surface area contributed by atoms with Gasteiger partial charge >= 0.3 is 5.97 Å². The Morgan fingerprint density at radius 1 is 1.31 bits per heavy atom. The van der Waals surface area contributed by atoms with Crippen LogP contribution in [0.4, 0.5) is 0 Å². The first-order valence-corrected chi connectivity index (χ1v) is 4.47. The van der Waals surface area contributed by atoms with Gasteiger partial charge in [0.05, 0.1) is 6.61 Å². The number of carbonyl (C=O) groups is 1. The average molecular weight is 239 g/mol. The van der Waals surface area contributed by atoms with Crippen molar-refractivity contribution in [3.05, 3.63) is 0 Å². The summed E-state index contributed by atoms with van der Waals surface area (Å²) in [5.74, 6) is -1.78. The van der Waals surface area contributed by atoms with Crippen molar-refractivity contribution in [2.75, 3.05) is 20.7 Å². The molecule has 0 rings (SSSR count). The van der Waals surface area contributed by atoms with Gasteiger partial charge in [-0.05, 0) is 14.1 Å². The molecule has 8 heteroatoms. The minimum atomic E-state index is -2.75. The van der Waals surface area contributed by atoms with Gasteiger partial charge in [-0.3, -0.25) is 4.90 Å². The topological polar surface area (TPSA) is 142 Å². The van der Waals surface area contributed by atoms with Gasteiger partial charge in [0.2, 0.25) is 5.72 Å². The maximum atomic E-state index is 10.8. The summed E-state index contributed by atoms with van der Waals surface area (Å²) in [5, 5.41) is 54.8. The third-order valence-electron chi connectivity index (χ3n) is 2.31. The molecule has 0 aliphatic carbocycles. The van der Waals surface area contributed by atoms with E-state index in [1.807, 2.05) is 0 Å². The van der Waals surface area contributed by atoms with Gasteiger partial charge in [-0.2, -0.15) is 0 Å². The first-order chi connectivity index (χ1) is 7.19. The predicted molar refractivity (Wildman–Crippen MR) is 51.4 cm³/mol. The Morgan fingerprint density at radius 3 is 2.00 bits per heavy atom. The first kappa shape index (κ1) is 15.2. The van der Waals surface area contributed by atoms with Gasteiger partial charge in [0.1, 0.15) is 18.3 Å². The minimum Gasteiger partial charge on any atom is -0.478 e. The molecule has 0 saturated carbocycles. The molecule has 0 fully saturated rings. The number of nitrogens with zero attached hydrogens (tertiary/aromatic N) is 1. The molecule has 4 atom stereocenters. The number of carboxylic acids is 1. The Bertz CT molecular complexity index is 247. The van der Waals surface area contributed by atoms with E-state index in [1.165, 1.54) is 14.1 Å². The molecular weight excluding hydrogens is 222 g/mol. The van der Waals surface area contributed by atoms with Crippen molar-refractivity contribution in [3.8, 4) is 0 Å². The van der Waals surface area contributed by atoms with E-state index in [9.17, 15) is 20.1 Å². The van der Waals surface area contributed by atoms with Crippen LogP contribution in [0.25, 0.3) is 0 Å². The van der Waals surface area contributed by atoms with E-state index in [0.717, 1.165) is 4.90 Å². The molecule has 0 aliphatic heterocycles. The summed E-state index contributed by atoms with van der Waals surface area (Å²) in [6.07, 6.45) is -5.92. The van der Waals surface area contributed by atoms with Crippen LogP contribution >= 0.6 is 0 Å². The van der Waals surface area contributed by atoms with Gasteiger partial charge in [0.15, 0.2) is 0 Å². The SMILES string of the molecule is CN(C)C(O)(C(=O)O)C(O)C(O)C(O)CO. The van der Waals surface area contributed by atoms with E-state index >= 15 is 0 Å². The predicted octanol–water partition coefficient (Wildman–Crippen LogP) is -3.60. The third kappa shape index (κ3) is 2.67. The third-order valence-corrected chi connectivity index (χ3v) is 2.31. The van der Waals surface area contributed by atoms with Crippen LogP contribution in [0.15, 0.2) is 0 Å². The molecule has 0 amide bonds. The van der Waals surface area contributed by atoms with Crippen LogP contribution in [-0.4, -0.2) is 86.2 Å². The molecular formula is C8H17NO7. The van der Waals surface area contributed by atoms with Crippen LogP contribution in [0.3, 0.4) is 0 Å². The fourth-order valence-electron chi connectivity index (χ4n) is 1.14. The largest absolute Gasteiger partial charge is 0.478 e. The Labute approximate surface area is 92.0 Å². The highest BCUT2D eigenvalue weighted by Gasteiger charge is 2.50. The molecule has 0 aromatic carbocycles. The van der Waals surface area contributed by atoms with Gasteiger partial charge in [-0.1, -0.05) is 0 Å². The summed E-state index contributed by atoms with van der Waals surface area (Å²) in [7, 11) is 2.35. The lowest BCUT2D eigenvalue weighted by Crippen LogP contribution is -2.64. The summed E-state index contributed by atoms with van der Waals surface area (Å²) in [4.78, 5) is 11.6. The van der Waals surface area contributed by atoms with Gasteiger partial charge < -0.3 is 30.6 Å². The summed E-state index contributed by atoms with van der Waals surface area (Å²) in [5.41, 5.74) is -2.75. The molecule has 0 bridgehead atoms. The van der Waals surface area contributed by atoms with Crippen molar-refractivity contribution in [2.24, 2.45) is 0 Å². The van der Waals surface area contributed by atoms with E-state index in [-0.39, 0.29) is 0 Å². The number of aliphatic hydroxyl groups is 5. The van der Waals surface area contributed by atoms with Crippen LogP contribution in [0.1, 0.15) is 0 Å². The minimum absolute atomic E-state index is 0.771. The zero-order valence-electron chi connectivity index (χ0n) is 8.98. The van der Waals surface area contributed by atoms with Crippen molar-refractivity contribution in [1.29, 1.82) is 0 Å². The van der Waals surface area contributed by atoms with Crippen LogP contribution in [0.2, 0.25) is 0 Å². The number of carboxylic acid groups (broad SMARTS) is 1. The van der Waals surface area contributed by atoms with Crippen molar-refractivity contribution >= 4 is 5.97 Å². The molecule has 4 unspecified atom stereocenters. The van der Waals surface area contributed by atoms with Gasteiger partial charge in [0, 0.05) is 0 Å². The fraction of sp³-hybridized carbons (Fsp3) is 0.875. The average Bonchev–Trinajstić information content (AvgIpc) is 2.23. The highest BCUT2D eigenvalue weighted by Crippen LogP contribution is 2.19.